The Kier molecular flexibility index (Phi) is 8.29. The quantitative estimate of drug-likeness (QED) is 0.429. The summed E-state index contributed by atoms with van der Waals surface area (Å²) in [5.41, 5.74) is 2.48. The zero-order valence-corrected chi connectivity index (χ0v) is 21.2. The number of methoxy groups -OCH3 is 1. The molecule has 3 rings (SSSR count). The molecule has 8 heteroatoms. The van der Waals surface area contributed by atoms with Crippen molar-refractivity contribution in [3.05, 3.63) is 94.0 Å². The van der Waals surface area contributed by atoms with Gasteiger partial charge in [-0.2, -0.15) is 4.31 Å². The first kappa shape index (κ1) is 25.0. The number of nitrogens with zero attached hydrogens (tertiary/aromatic N) is 1. The van der Waals surface area contributed by atoms with Crippen LogP contribution >= 0.6 is 15.9 Å². The minimum atomic E-state index is -4.02. The molecule has 174 valence electrons. The van der Waals surface area contributed by atoms with Gasteiger partial charge < -0.3 is 10.1 Å². The first-order chi connectivity index (χ1) is 15.7. The zero-order valence-electron chi connectivity index (χ0n) is 18.8. The van der Waals surface area contributed by atoms with E-state index in [1.807, 2.05) is 68.4 Å². The molecule has 1 atom stereocenters. The fourth-order valence-electron chi connectivity index (χ4n) is 3.42. The van der Waals surface area contributed by atoms with E-state index >= 15 is 0 Å². The molecule has 0 saturated heterocycles. The smallest absolute Gasteiger partial charge is 0.247 e. The van der Waals surface area contributed by atoms with E-state index in [9.17, 15) is 13.2 Å². The second-order valence-corrected chi connectivity index (χ2v) is 10.6. The van der Waals surface area contributed by atoms with E-state index < -0.39 is 15.9 Å². The predicted octanol–water partition coefficient (Wildman–Crippen LogP) is 4.83. The van der Waals surface area contributed by atoms with Gasteiger partial charge in [-0.3, -0.25) is 4.79 Å². The van der Waals surface area contributed by atoms with Crippen molar-refractivity contribution in [3.63, 3.8) is 0 Å². The fourth-order valence-corrected chi connectivity index (χ4v) is 5.31. The Labute approximate surface area is 203 Å². The Hall–Kier alpha value is -2.68. The van der Waals surface area contributed by atoms with E-state index in [1.54, 1.807) is 18.2 Å². The molecule has 0 bridgehead atoms. The van der Waals surface area contributed by atoms with E-state index in [2.05, 4.69) is 21.2 Å². The third-order valence-corrected chi connectivity index (χ3v) is 7.55. The van der Waals surface area contributed by atoms with Gasteiger partial charge in [0.1, 0.15) is 10.6 Å². The average Bonchev–Trinajstić information content (AvgIpc) is 2.79. The molecule has 1 N–H and O–H groups in total. The molecule has 3 aromatic carbocycles. The highest BCUT2D eigenvalue weighted by Crippen LogP contribution is 2.29. The number of carbonyl (C=O) groups is 1. The van der Waals surface area contributed by atoms with Gasteiger partial charge in [0.2, 0.25) is 15.9 Å². The fraction of sp³-hybridized carbons (Fsp3) is 0.240. The summed E-state index contributed by atoms with van der Waals surface area (Å²) in [6.07, 6.45) is 0. The van der Waals surface area contributed by atoms with Gasteiger partial charge in [0.05, 0.1) is 19.7 Å². The zero-order chi connectivity index (χ0) is 24.0. The summed E-state index contributed by atoms with van der Waals surface area (Å²) in [4.78, 5) is 13.0. The van der Waals surface area contributed by atoms with Crippen LogP contribution in [0.15, 0.2) is 82.2 Å². The maximum atomic E-state index is 13.7. The number of benzene rings is 3. The van der Waals surface area contributed by atoms with Crippen LogP contribution in [0.5, 0.6) is 5.75 Å². The van der Waals surface area contributed by atoms with Crippen LogP contribution in [0.2, 0.25) is 0 Å². The topological polar surface area (TPSA) is 75.7 Å². The van der Waals surface area contributed by atoms with Crippen LogP contribution in [-0.2, 0) is 21.4 Å². The Morgan fingerprint density at radius 2 is 1.73 bits per heavy atom. The Morgan fingerprint density at radius 1 is 1.06 bits per heavy atom. The van der Waals surface area contributed by atoms with Crippen LogP contribution < -0.4 is 10.1 Å². The molecule has 0 radical (unpaired) electrons. The van der Waals surface area contributed by atoms with E-state index in [-0.39, 0.29) is 29.8 Å². The lowest BCUT2D eigenvalue weighted by molar-refractivity contribution is -0.122. The maximum Gasteiger partial charge on any atom is 0.247 e. The van der Waals surface area contributed by atoms with Crippen molar-refractivity contribution < 1.29 is 17.9 Å². The van der Waals surface area contributed by atoms with E-state index in [4.69, 9.17) is 4.74 Å². The molecule has 0 unspecified atom stereocenters. The van der Waals surface area contributed by atoms with Crippen molar-refractivity contribution >= 4 is 31.9 Å². The highest BCUT2D eigenvalue weighted by Gasteiger charge is 2.30. The Bertz CT molecular complexity index is 1200. The van der Waals surface area contributed by atoms with Crippen molar-refractivity contribution in [2.45, 2.75) is 31.3 Å². The molecule has 1 amide bonds. The van der Waals surface area contributed by atoms with Crippen LogP contribution in [-0.4, -0.2) is 32.3 Å². The number of rotatable bonds is 9. The lowest BCUT2D eigenvalue weighted by Gasteiger charge is -2.24. The van der Waals surface area contributed by atoms with Crippen LogP contribution in [0, 0.1) is 6.92 Å². The molecule has 3 aromatic rings. The maximum absolute atomic E-state index is 13.7. The highest BCUT2D eigenvalue weighted by molar-refractivity contribution is 9.10. The third kappa shape index (κ3) is 6.43. The minimum absolute atomic E-state index is 0.0367. The van der Waals surface area contributed by atoms with Gasteiger partial charge in [-0.1, -0.05) is 64.5 Å². The molecular weight excluding hydrogens is 504 g/mol. The average molecular weight is 531 g/mol. The van der Waals surface area contributed by atoms with Crippen molar-refractivity contribution in [1.29, 1.82) is 0 Å². The minimum Gasteiger partial charge on any atom is -0.495 e. The van der Waals surface area contributed by atoms with Gasteiger partial charge in [0, 0.05) is 11.0 Å². The molecule has 0 heterocycles. The Morgan fingerprint density at radius 3 is 2.36 bits per heavy atom. The van der Waals surface area contributed by atoms with E-state index in [0.717, 1.165) is 21.2 Å². The number of nitrogens with one attached hydrogen (secondary N) is 1. The second kappa shape index (κ2) is 11.0. The molecule has 0 aromatic heterocycles. The monoisotopic (exact) mass is 530 g/mol. The number of carbonyl (C=O) groups excluding carboxylic acids is 1. The van der Waals surface area contributed by atoms with Crippen LogP contribution in [0.25, 0.3) is 0 Å². The van der Waals surface area contributed by atoms with Crippen LogP contribution in [0.3, 0.4) is 0 Å². The molecule has 0 aliphatic carbocycles. The Balaban J connectivity index is 1.89. The molecule has 0 fully saturated rings. The normalized spacial score (nSPS) is 12.4. The summed E-state index contributed by atoms with van der Waals surface area (Å²) in [6, 6.07) is 21.5. The lowest BCUT2D eigenvalue weighted by Crippen LogP contribution is -2.41. The number of aryl methyl sites for hydroxylation is 1. The standard InChI is InChI=1S/C25H27BrN2O4S/c1-18-9-14-23(32-3)24(15-18)33(30,31)28(16-20-7-5-4-6-8-20)17-25(29)27-19(2)21-10-12-22(26)13-11-21/h4-15,19H,16-17H2,1-3H3,(H,27,29)/t19-/m0/s1. The number of hydrogen-bond acceptors (Lipinski definition) is 4. The van der Waals surface area contributed by atoms with Crippen LogP contribution in [0.1, 0.15) is 29.7 Å². The summed E-state index contributed by atoms with van der Waals surface area (Å²) in [5, 5.41) is 2.90. The third-order valence-electron chi connectivity index (χ3n) is 5.21. The first-order valence-corrected chi connectivity index (χ1v) is 12.7. The highest BCUT2D eigenvalue weighted by atomic mass is 79.9. The van der Waals surface area contributed by atoms with Crippen molar-refractivity contribution in [1.82, 2.24) is 9.62 Å². The molecule has 0 saturated carbocycles. The SMILES string of the molecule is COc1ccc(C)cc1S(=O)(=O)N(CC(=O)N[C@@H](C)c1ccc(Br)cc1)Cc1ccccc1. The van der Waals surface area contributed by atoms with Crippen LogP contribution in [0.4, 0.5) is 0 Å². The number of hydrogen-bond donors (Lipinski definition) is 1. The molecule has 0 aliphatic rings. The van der Waals surface area contributed by atoms with E-state index in [1.165, 1.54) is 11.4 Å². The number of ether oxygens (including phenoxy) is 1. The largest absolute Gasteiger partial charge is 0.495 e. The van der Waals surface area contributed by atoms with Crippen molar-refractivity contribution in [2.75, 3.05) is 13.7 Å². The number of halogens is 1. The summed E-state index contributed by atoms with van der Waals surface area (Å²) >= 11 is 3.40. The summed E-state index contributed by atoms with van der Waals surface area (Å²) in [5.74, 6) is -0.154. The molecule has 0 aliphatic heterocycles. The predicted molar refractivity (Wildman–Crippen MR) is 132 cm³/mol. The van der Waals surface area contributed by atoms with Gasteiger partial charge in [-0.15, -0.1) is 0 Å². The van der Waals surface area contributed by atoms with Gasteiger partial charge >= 0.3 is 0 Å². The van der Waals surface area contributed by atoms with Gasteiger partial charge in [0.15, 0.2) is 0 Å². The van der Waals surface area contributed by atoms with Gasteiger partial charge in [-0.05, 0) is 54.8 Å². The van der Waals surface area contributed by atoms with Gasteiger partial charge in [-0.25, -0.2) is 8.42 Å². The number of sulfonamides is 1. The molecule has 0 spiro atoms. The first-order valence-electron chi connectivity index (χ1n) is 10.4. The number of amides is 1. The van der Waals surface area contributed by atoms with Gasteiger partial charge in [0.25, 0.3) is 0 Å². The summed E-state index contributed by atoms with van der Waals surface area (Å²) < 4.78 is 34.8. The summed E-state index contributed by atoms with van der Waals surface area (Å²) in [7, 11) is -2.60. The van der Waals surface area contributed by atoms with Crippen molar-refractivity contribution in [2.24, 2.45) is 0 Å². The lowest BCUT2D eigenvalue weighted by atomic mass is 10.1. The molecular formula is C25H27BrN2O4S. The van der Waals surface area contributed by atoms with E-state index in [0.29, 0.717) is 0 Å². The summed E-state index contributed by atoms with van der Waals surface area (Å²) in [6.45, 7) is 3.41. The second-order valence-electron chi connectivity index (χ2n) is 7.75. The van der Waals surface area contributed by atoms with Crippen molar-refractivity contribution in [3.8, 4) is 5.75 Å². The molecule has 6 nitrogen and oxygen atoms in total. The molecule has 33 heavy (non-hydrogen) atoms.